The second-order valence-electron chi connectivity index (χ2n) is 6.18. The summed E-state index contributed by atoms with van der Waals surface area (Å²) >= 11 is 1.38. The summed E-state index contributed by atoms with van der Waals surface area (Å²) in [6.07, 6.45) is 0.300. The third kappa shape index (κ3) is 4.09. The van der Waals surface area contributed by atoms with Crippen molar-refractivity contribution in [2.24, 2.45) is 0 Å². The van der Waals surface area contributed by atoms with Crippen LogP contribution in [0.1, 0.15) is 6.42 Å². The lowest BCUT2D eigenvalue weighted by Gasteiger charge is -2.11. The Bertz CT molecular complexity index is 1180. The molecule has 29 heavy (non-hydrogen) atoms. The fourth-order valence-corrected chi connectivity index (χ4v) is 3.64. The predicted octanol–water partition coefficient (Wildman–Crippen LogP) is 3.64. The smallest absolute Gasteiger partial charge is 0.225 e. The topological polar surface area (TPSA) is 102 Å². The fourth-order valence-electron chi connectivity index (χ4n) is 2.92. The van der Waals surface area contributed by atoms with Crippen molar-refractivity contribution in [1.82, 2.24) is 20.2 Å². The van der Waals surface area contributed by atoms with Gasteiger partial charge in [0.1, 0.15) is 17.0 Å². The zero-order chi connectivity index (χ0) is 20.2. The quantitative estimate of drug-likeness (QED) is 0.449. The molecule has 1 amide bonds. The Morgan fingerprint density at radius 2 is 2.00 bits per heavy atom. The maximum atomic E-state index is 12.3. The summed E-state index contributed by atoms with van der Waals surface area (Å²) in [6, 6.07) is 13.1. The summed E-state index contributed by atoms with van der Waals surface area (Å²) in [7, 11) is 3.12. The molecule has 0 radical (unpaired) electrons. The molecule has 0 spiro atoms. The standard InChI is InChI=1S/C20H19N5O3S/c1-27-12-7-8-15(16(11-12)28-2)21-17(26)9-10-29-20-23-19-18(24-25-20)13-5-3-4-6-14(13)22-19/h3-8,11H,9-10H2,1-2H3,(H,21,26)(H,22,23,25). The highest BCUT2D eigenvalue weighted by molar-refractivity contribution is 7.99. The number of nitrogens with one attached hydrogen (secondary N) is 2. The first kappa shape index (κ1) is 19.0. The molecule has 0 fully saturated rings. The fraction of sp³-hybridized carbons (Fsp3) is 0.200. The number of methoxy groups -OCH3 is 2. The van der Waals surface area contributed by atoms with E-state index in [-0.39, 0.29) is 5.91 Å². The molecule has 2 N–H and O–H groups in total. The van der Waals surface area contributed by atoms with Crippen LogP contribution in [0.3, 0.4) is 0 Å². The predicted molar refractivity (Wildman–Crippen MR) is 113 cm³/mol. The SMILES string of the molecule is COc1ccc(NC(=O)CCSc2nnc3c(n2)[nH]c2ccccc23)c(OC)c1. The van der Waals surface area contributed by atoms with Gasteiger partial charge < -0.3 is 19.8 Å². The van der Waals surface area contributed by atoms with Crippen LogP contribution in [0.25, 0.3) is 22.1 Å². The average Bonchev–Trinajstić information content (AvgIpc) is 3.11. The van der Waals surface area contributed by atoms with E-state index in [4.69, 9.17) is 9.47 Å². The van der Waals surface area contributed by atoms with Crippen molar-refractivity contribution in [3.05, 3.63) is 42.5 Å². The van der Waals surface area contributed by atoms with E-state index in [1.54, 1.807) is 32.4 Å². The number of nitrogens with zero attached hydrogens (tertiary/aromatic N) is 3. The third-order valence-corrected chi connectivity index (χ3v) is 5.19. The van der Waals surface area contributed by atoms with Crippen molar-refractivity contribution >= 4 is 45.4 Å². The van der Waals surface area contributed by atoms with Gasteiger partial charge in [-0.2, -0.15) is 0 Å². The van der Waals surface area contributed by atoms with E-state index in [2.05, 4.69) is 25.5 Å². The number of benzene rings is 2. The van der Waals surface area contributed by atoms with Crippen LogP contribution in [0.4, 0.5) is 5.69 Å². The Morgan fingerprint density at radius 3 is 2.83 bits per heavy atom. The molecule has 148 valence electrons. The van der Waals surface area contributed by atoms with Crippen LogP contribution in [-0.2, 0) is 4.79 Å². The molecule has 0 saturated heterocycles. The Labute approximate surface area is 171 Å². The molecule has 0 aliphatic heterocycles. The summed E-state index contributed by atoms with van der Waals surface area (Å²) < 4.78 is 10.5. The number of ether oxygens (including phenoxy) is 2. The molecule has 0 aliphatic carbocycles. The zero-order valence-corrected chi connectivity index (χ0v) is 16.7. The Hall–Kier alpha value is -3.33. The van der Waals surface area contributed by atoms with Gasteiger partial charge in [-0.1, -0.05) is 30.0 Å². The first-order chi connectivity index (χ1) is 14.2. The lowest BCUT2D eigenvalue weighted by atomic mass is 10.2. The summed E-state index contributed by atoms with van der Waals surface area (Å²) in [4.78, 5) is 20.0. The summed E-state index contributed by atoms with van der Waals surface area (Å²) in [5, 5.41) is 12.8. The molecule has 4 rings (SSSR count). The number of rotatable bonds is 7. The van der Waals surface area contributed by atoms with Gasteiger partial charge >= 0.3 is 0 Å². The van der Waals surface area contributed by atoms with Gasteiger partial charge in [-0.25, -0.2) is 4.98 Å². The highest BCUT2D eigenvalue weighted by atomic mass is 32.2. The molecule has 0 unspecified atom stereocenters. The lowest BCUT2D eigenvalue weighted by molar-refractivity contribution is -0.115. The third-order valence-electron chi connectivity index (χ3n) is 4.35. The van der Waals surface area contributed by atoms with Gasteiger partial charge in [0.05, 0.1) is 19.9 Å². The number of carbonyl (C=O) groups is 1. The highest BCUT2D eigenvalue weighted by Gasteiger charge is 2.11. The minimum Gasteiger partial charge on any atom is -0.497 e. The number of H-pyrrole nitrogens is 1. The van der Waals surface area contributed by atoms with E-state index in [0.717, 1.165) is 16.4 Å². The van der Waals surface area contributed by atoms with Crippen molar-refractivity contribution in [2.75, 3.05) is 25.3 Å². The molecule has 8 nitrogen and oxygen atoms in total. The average molecular weight is 409 g/mol. The van der Waals surface area contributed by atoms with Crippen LogP contribution in [-0.4, -0.2) is 46.0 Å². The second-order valence-corrected chi connectivity index (χ2v) is 7.24. The number of amides is 1. The summed E-state index contributed by atoms with van der Waals surface area (Å²) in [5.74, 6) is 1.60. The molecule has 0 atom stereocenters. The van der Waals surface area contributed by atoms with Crippen LogP contribution in [0.5, 0.6) is 11.5 Å². The van der Waals surface area contributed by atoms with E-state index < -0.39 is 0 Å². The highest BCUT2D eigenvalue weighted by Crippen LogP contribution is 2.29. The summed E-state index contributed by atoms with van der Waals surface area (Å²) in [5.41, 5.74) is 3.00. The molecule has 2 aromatic carbocycles. The van der Waals surface area contributed by atoms with Crippen LogP contribution >= 0.6 is 11.8 Å². The number of fused-ring (bicyclic) bond motifs is 3. The molecular weight excluding hydrogens is 390 g/mol. The van der Waals surface area contributed by atoms with Crippen LogP contribution in [0, 0.1) is 0 Å². The van der Waals surface area contributed by atoms with Gasteiger partial charge in [-0.05, 0) is 18.2 Å². The zero-order valence-electron chi connectivity index (χ0n) is 15.9. The molecule has 4 aromatic rings. The van der Waals surface area contributed by atoms with Crippen LogP contribution < -0.4 is 14.8 Å². The molecular formula is C20H19N5O3S. The number of hydrogen-bond donors (Lipinski definition) is 2. The van der Waals surface area contributed by atoms with Gasteiger partial charge in [0.2, 0.25) is 11.1 Å². The van der Waals surface area contributed by atoms with Crippen LogP contribution in [0.15, 0.2) is 47.6 Å². The molecule has 0 aliphatic rings. The van der Waals surface area contributed by atoms with Gasteiger partial charge in [0.15, 0.2) is 5.65 Å². The summed E-state index contributed by atoms with van der Waals surface area (Å²) in [6.45, 7) is 0. The second kappa shape index (κ2) is 8.36. The van der Waals surface area contributed by atoms with E-state index in [1.165, 1.54) is 11.8 Å². The number of aromatic amines is 1. The maximum absolute atomic E-state index is 12.3. The number of thioether (sulfide) groups is 1. The van der Waals surface area contributed by atoms with Gasteiger partial charge in [-0.15, -0.1) is 10.2 Å². The van der Waals surface area contributed by atoms with E-state index in [0.29, 0.717) is 40.2 Å². The van der Waals surface area contributed by atoms with Crippen molar-refractivity contribution in [2.45, 2.75) is 11.6 Å². The number of para-hydroxylation sites is 1. The first-order valence-corrected chi connectivity index (χ1v) is 9.92. The van der Waals surface area contributed by atoms with Crippen molar-refractivity contribution in [1.29, 1.82) is 0 Å². The van der Waals surface area contributed by atoms with Gasteiger partial charge in [0.25, 0.3) is 0 Å². The Balaban J connectivity index is 1.37. The van der Waals surface area contributed by atoms with Crippen molar-refractivity contribution in [3.8, 4) is 11.5 Å². The normalized spacial score (nSPS) is 11.0. The molecule has 0 saturated carbocycles. The molecule has 0 bridgehead atoms. The van der Waals surface area contributed by atoms with Crippen molar-refractivity contribution < 1.29 is 14.3 Å². The van der Waals surface area contributed by atoms with Gasteiger partial charge in [0, 0.05) is 29.1 Å². The van der Waals surface area contributed by atoms with E-state index in [9.17, 15) is 4.79 Å². The largest absolute Gasteiger partial charge is 0.497 e. The Morgan fingerprint density at radius 1 is 1.14 bits per heavy atom. The van der Waals surface area contributed by atoms with Crippen molar-refractivity contribution in [3.63, 3.8) is 0 Å². The molecule has 9 heteroatoms. The minimum absolute atomic E-state index is 0.124. The Kier molecular flexibility index (Phi) is 5.48. The lowest BCUT2D eigenvalue weighted by Crippen LogP contribution is -2.13. The van der Waals surface area contributed by atoms with Crippen LogP contribution in [0.2, 0.25) is 0 Å². The minimum atomic E-state index is -0.124. The monoisotopic (exact) mass is 409 g/mol. The molecule has 2 heterocycles. The molecule has 2 aromatic heterocycles. The van der Waals surface area contributed by atoms with E-state index in [1.807, 2.05) is 24.3 Å². The van der Waals surface area contributed by atoms with E-state index >= 15 is 0 Å². The maximum Gasteiger partial charge on any atom is 0.225 e. The number of aromatic nitrogens is 4. The van der Waals surface area contributed by atoms with Gasteiger partial charge in [-0.3, -0.25) is 4.79 Å². The number of hydrogen-bond acceptors (Lipinski definition) is 7. The number of carbonyl (C=O) groups excluding carboxylic acids is 1. The first-order valence-electron chi connectivity index (χ1n) is 8.94. The number of anilines is 1.